The van der Waals surface area contributed by atoms with Crippen LogP contribution in [0.2, 0.25) is 0 Å². The average molecular weight is 440 g/mol. The number of fused-ring (bicyclic) bond motifs is 1. The zero-order chi connectivity index (χ0) is 21.4. The van der Waals surface area contributed by atoms with Crippen molar-refractivity contribution in [3.05, 3.63) is 65.6 Å². The highest BCUT2D eigenvalue weighted by Gasteiger charge is 2.26. The SMILES string of the molecule is Cn1nc(-c2ccc(F)cc2)cc1C(=O)N1CCSC(c2ccc3c(c2)OCO3)CC1. The van der Waals surface area contributed by atoms with Crippen LogP contribution in [0.4, 0.5) is 4.39 Å². The molecule has 1 fully saturated rings. The molecule has 31 heavy (non-hydrogen) atoms. The lowest BCUT2D eigenvalue weighted by atomic mass is 10.1. The van der Waals surface area contributed by atoms with E-state index in [-0.39, 0.29) is 18.5 Å². The van der Waals surface area contributed by atoms with Gasteiger partial charge in [0.05, 0.1) is 5.69 Å². The van der Waals surface area contributed by atoms with Crippen molar-refractivity contribution in [1.29, 1.82) is 0 Å². The third-order valence-corrected chi connectivity index (χ3v) is 6.96. The van der Waals surface area contributed by atoms with Crippen LogP contribution in [0.3, 0.4) is 0 Å². The predicted molar refractivity (Wildman–Crippen MR) is 117 cm³/mol. The lowest BCUT2D eigenvalue weighted by molar-refractivity contribution is 0.0755. The molecule has 2 aliphatic heterocycles. The quantitative estimate of drug-likeness (QED) is 0.610. The summed E-state index contributed by atoms with van der Waals surface area (Å²) < 4.78 is 25.7. The Kier molecular flexibility index (Phi) is 5.31. The number of amides is 1. The maximum atomic E-state index is 13.2. The van der Waals surface area contributed by atoms with Crippen LogP contribution in [-0.4, -0.2) is 46.2 Å². The minimum atomic E-state index is -0.296. The highest BCUT2D eigenvalue weighted by molar-refractivity contribution is 7.99. The molecular weight excluding hydrogens is 417 g/mol. The van der Waals surface area contributed by atoms with Gasteiger partial charge < -0.3 is 14.4 Å². The van der Waals surface area contributed by atoms with Crippen LogP contribution in [0, 0.1) is 5.82 Å². The molecular formula is C23H22FN3O3S. The summed E-state index contributed by atoms with van der Waals surface area (Å²) in [5, 5.41) is 4.76. The Morgan fingerprint density at radius 3 is 2.74 bits per heavy atom. The van der Waals surface area contributed by atoms with E-state index in [1.165, 1.54) is 17.7 Å². The topological polar surface area (TPSA) is 56.6 Å². The van der Waals surface area contributed by atoms with Gasteiger partial charge in [-0.15, -0.1) is 0 Å². The Hall–Kier alpha value is -3.00. The first kappa shape index (κ1) is 19.9. The van der Waals surface area contributed by atoms with Gasteiger partial charge in [0.1, 0.15) is 11.5 Å². The van der Waals surface area contributed by atoms with Gasteiger partial charge in [-0.3, -0.25) is 9.48 Å². The van der Waals surface area contributed by atoms with E-state index in [1.54, 1.807) is 29.9 Å². The first-order chi connectivity index (χ1) is 15.1. The Bertz CT molecular complexity index is 1120. The monoisotopic (exact) mass is 439 g/mol. The van der Waals surface area contributed by atoms with Crippen LogP contribution in [0.1, 0.15) is 27.7 Å². The molecule has 8 heteroatoms. The molecule has 2 aromatic carbocycles. The number of carbonyl (C=O) groups excluding carboxylic acids is 1. The molecule has 0 N–H and O–H groups in total. The summed E-state index contributed by atoms with van der Waals surface area (Å²) in [4.78, 5) is 15.1. The molecule has 1 atom stereocenters. The highest BCUT2D eigenvalue weighted by atomic mass is 32.2. The number of benzene rings is 2. The molecule has 1 saturated heterocycles. The summed E-state index contributed by atoms with van der Waals surface area (Å²) in [6, 6.07) is 14.0. The fourth-order valence-corrected chi connectivity index (χ4v) is 5.17. The van der Waals surface area contributed by atoms with E-state index in [1.807, 2.05) is 28.8 Å². The lowest BCUT2D eigenvalue weighted by Crippen LogP contribution is -2.34. The number of carbonyl (C=O) groups is 1. The highest BCUT2D eigenvalue weighted by Crippen LogP contribution is 2.40. The Labute approximate surface area is 183 Å². The smallest absolute Gasteiger partial charge is 0.272 e. The second-order valence-corrected chi connectivity index (χ2v) is 8.91. The predicted octanol–water partition coefficient (Wildman–Crippen LogP) is 4.28. The maximum absolute atomic E-state index is 13.2. The average Bonchev–Trinajstić information content (AvgIpc) is 3.32. The number of ether oxygens (including phenoxy) is 2. The molecule has 1 unspecified atom stereocenters. The van der Waals surface area contributed by atoms with Gasteiger partial charge in [-0.25, -0.2) is 4.39 Å². The van der Waals surface area contributed by atoms with E-state index in [2.05, 4.69) is 11.2 Å². The normalized spacial score (nSPS) is 18.1. The summed E-state index contributed by atoms with van der Waals surface area (Å²) in [5.41, 5.74) is 3.17. The van der Waals surface area contributed by atoms with Crippen molar-refractivity contribution in [2.45, 2.75) is 11.7 Å². The number of aryl methyl sites for hydroxylation is 1. The van der Waals surface area contributed by atoms with Crippen molar-refractivity contribution in [3.63, 3.8) is 0 Å². The van der Waals surface area contributed by atoms with Gasteiger partial charge in [0.25, 0.3) is 5.91 Å². The van der Waals surface area contributed by atoms with Crippen LogP contribution < -0.4 is 9.47 Å². The molecule has 5 rings (SSSR count). The summed E-state index contributed by atoms with van der Waals surface area (Å²) >= 11 is 1.86. The van der Waals surface area contributed by atoms with E-state index in [9.17, 15) is 9.18 Å². The molecule has 0 saturated carbocycles. The third-order valence-electron chi connectivity index (χ3n) is 5.64. The number of aromatic nitrogens is 2. The zero-order valence-corrected chi connectivity index (χ0v) is 17.9. The molecule has 0 bridgehead atoms. The van der Waals surface area contributed by atoms with Crippen molar-refractivity contribution >= 4 is 17.7 Å². The van der Waals surface area contributed by atoms with Crippen LogP contribution in [0.25, 0.3) is 11.3 Å². The van der Waals surface area contributed by atoms with E-state index in [4.69, 9.17) is 9.47 Å². The van der Waals surface area contributed by atoms with Gasteiger partial charge in [-0.1, -0.05) is 6.07 Å². The van der Waals surface area contributed by atoms with Crippen LogP contribution in [0.5, 0.6) is 11.5 Å². The van der Waals surface area contributed by atoms with E-state index in [0.29, 0.717) is 29.7 Å². The summed E-state index contributed by atoms with van der Waals surface area (Å²) in [6.45, 7) is 1.62. The number of thioether (sulfide) groups is 1. The Morgan fingerprint density at radius 2 is 1.90 bits per heavy atom. The first-order valence-electron chi connectivity index (χ1n) is 10.2. The molecule has 1 aromatic heterocycles. The lowest BCUT2D eigenvalue weighted by Gasteiger charge is -2.20. The molecule has 2 aliphatic rings. The van der Waals surface area contributed by atoms with E-state index >= 15 is 0 Å². The first-order valence-corrected chi connectivity index (χ1v) is 11.2. The molecule has 3 heterocycles. The van der Waals surface area contributed by atoms with E-state index < -0.39 is 0 Å². The van der Waals surface area contributed by atoms with Gasteiger partial charge in [-0.2, -0.15) is 16.9 Å². The number of hydrogen-bond donors (Lipinski definition) is 0. The zero-order valence-electron chi connectivity index (χ0n) is 17.1. The molecule has 0 spiro atoms. The largest absolute Gasteiger partial charge is 0.454 e. The van der Waals surface area contributed by atoms with Gasteiger partial charge in [0.15, 0.2) is 11.5 Å². The van der Waals surface area contributed by atoms with Crippen molar-refractivity contribution in [3.8, 4) is 22.8 Å². The second-order valence-electron chi connectivity index (χ2n) is 7.60. The van der Waals surface area contributed by atoms with Crippen molar-refractivity contribution in [2.75, 3.05) is 25.6 Å². The molecule has 6 nitrogen and oxygen atoms in total. The number of rotatable bonds is 3. The number of nitrogens with zero attached hydrogens (tertiary/aromatic N) is 3. The van der Waals surface area contributed by atoms with Crippen LogP contribution in [0.15, 0.2) is 48.5 Å². The molecule has 0 aliphatic carbocycles. The van der Waals surface area contributed by atoms with E-state index in [0.717, 1.165) is 29.2 Å². The van der Waals surface area contributed by atoms with Gasteiger partial charge in [-0.05, 0) is 54.4 Å². The van der Waals surface area contributed by atoms with Crippen molar-refractivity contribution in [2.24, 2.45) is 7.05 Å². The second kappa shape index (κ2) is 8.26. The minimum Gasteiger partial charge on any atom is -0.454 e. The van der Waals surface area contributed by atoms with Crippen LogP contribution in [-0.2, 0) is 7.05 Å². The third kappa shape index (κ3) is 3.99. The number of halogens is 1. The molecule has 1 amide bonds. The standard InChI is InChI=1S/C23H22FN3O3S/c1-26-19(13-18(25-26)15-2-5-17(24)6-3-15)23(28)27-9-8-22(31-11-10-27)16-4-7-20-21(12-16)30-14-29-20/h2-7,12-13,22H,8-11,14H2,1H3. The number of hydrogen-bond acceptors (Lipinski definition) is 5. The van der Waals surface area contributed by atoms with Crippen LogP contribution >= 0.6 is 11.8 Å². The minimum absolute atomic E-state index is 0.0321. The fraction of sp³-hybridized carbons (Fsp3) is 0.304. The van der Waals surface area contributed by atoms with Crippen molar-refractivity contribution < 1.29 is 18.7 Å². The maximum Gasteiger partial charge on any atom is 0.272 e. The molecule has 3 aromatic rings. The summed E-state index contributed by atoms with van der Waals surface area (Å²) in [5.74, 6) is 2.10. The van der Waals surface area contributed by atoms with Gasteiger partial charge in [0.2, 0.25) is 6.79 Å². The fourth-order valence-electron chi connectivity index (χ4n) is 3.94. The summed E-state index contributed by atoms with van der Waals surface area (Å²) in [6.07, 6.45) is 0.860. The van der Waals surface area contributed by atoms with Crippen molar-refractivity contribution in [1.82, 2.24) is 14.7 Å². The Balaban J connectivity index is 1.30. The summed E-state index contributed by atoms with van der Waals surface area (Å²) in [7, 11) is 1.77. The van der Waals surface area contributed by atoms with Gasteiger partial charge >= 0.3 is 0 Å². The Morgan fingerprint density at radius 1 is 1.10 bits per heavy atom. The van der Waals surface area contributed by atoms with Gasteiger partial charge in [0, 0.05) is 36.7 Å². The molecule has 0 radical (unpaired) electrons. The molecule has 160 valence electrons.